The molecule has 0 bridgehead atoms. The van der Waals surface area contributed by atoms with Crippen molar-refractivity contribution in [3.05, 3.63) is 0 Å². The Labute approximate surface area is 361 Å². The quantitative estimate of drug-likeness (QED) is 0.0566. The second-order valence-electron chi connectivity index (χ2n) is 11.9. The zero-order chi connectivity index (χ0) is 34.6. The predicted molar refractivity (Wildman–Crippen MR) is 198 cm³/mol. The van der Waals surface area contributed by atoms with Crippen LogP contribution in [0.15, 0.2) is 0 Å². The Morgan fingerprint density at radius 2 is 0.490 bits per heavy atom. The molecule has 0 fully saturated rings. The third kappa shape index (κ3) is 46.1. The van der Waals surface area contributed by atoms with Gasteiger partial charge in [0.25, 0.3) is 0 Å². The minimum atomic E-state index is -1.74. The van der Waals surface area contributed by atoms with Crippen molar-refractivity contribution in [1.29, 1.82) is 0 Å². The van der Waals surface area contributed by atoms with Gasteiger partial charge in [-0.15, -0.1) is 0 Å². The van der Waals surface area contributed by atoms with Crippen LogP contribution < -0.4 is 68.9 Å². The Morgan fingerprint density at radius 3 is 0.694 bits per heavy atom. The third-order valence-corrected chi connectivity index (χ3v) is 14.1. The van der Waals surface area contributed by atoms with Crippen molar-refractivity contribution in [2.24, 2.45) is 0 Å². The van der Waals surface area contributed by atoms with E-state index in [4.69, 9.17) is 61.0 Å². The van der Waals surface area contributed by atoms with Gasteiger partial charge in [-0.05, 0) is 51.1 Å². The number of rotatable bonds is 40. The minimum absolute atomic E-state index is 0. The Morgan fingerprint density at radius 1 is 0.306 bits per heavy atom. The molecule has 0 atom stereocenters. The average Bonchev–Trinajstić information content (AvgIpc) is 3.03. The van der Waals surface area contributed by atoms with Crippen LogP contribution in [0.25, 0.3) is 0 Å². The van der Waals surface area contributed by atoms with Gasteiger partial charge in [0.1, 0.15) is 0 Å². The molecular formula is C32H74BCsO13Si2. The van der Waals surface area contributed by atoms with E-state index in [1.165, 1.54) is 0 Å². The fraction of sp³-hybridized carbons (Fsp3) is 1.00. The van der Waals surface area contributed by atoms with Gasteiger partial charge in [-0.1, -0.05) is 8.41 Å². The van der Waals surface area contributed by atoms with E-state index in [2.05, 4.69) is 26.2 Å². The summed E-state index contributed by atoms with van der Waals surface area (Å²) in [5.41, 5.74) is 0. The van der Waals surface area contributed by atoms with E-state index in [0.717, 1.165) is 38.1 Å². The number of hydrogen-bond acceptors (Lipinski definition) is 13. The van der Waals surface area contributed by atoms with Crippen LogP contribution in [-0.2, 0) is 61.0 Å². The number of hydrogen-bond donors (Lipinski definition) is 0. The second kappa shape index (κ2) is 42.8. The molecule has 0 spiro atoms. The Kier molecular flexibility index (Phi) is 48.3. The van der Waals surface area contributed by atoms with Crippen molar-refractivity contribution in [1.82, 2.24) is 0 Å². The average molecular weight is 867 g/mol. The first kappa shape index (κ1) is 55.4. The van der Waals surface area contributed by atoms with Crippen molar-refractivity contribution in [2.75, 3.05) is 160 Å². The molecule has 0 N–H and O–H groups in total. The second-order valence-corrected chi connectivity index (χ2v) is 20.8. The van der Waals surface area contributed by atoms with Crippen molar-refractivity contribution in [2.45, 2.75) is 51.1 Å². The van der Waals surface area contributed by atoms with Crippen molar-refractivity contribution in [3.8, 4) is 0 Å². The summed E-state index contributed by atoms with van der Waals surface area (Å²) in [6, 6.07) is 2.18. The Balaban J connectivity index is -0.0000106. The molecule has 0 radical (unpaired) electrons. The minimum Gasteiger partial charge on any atom is -0.455 e. The molecule has 0 aliphatic heterocycles. The first-order chi connectivity index (χ1) is 22.8. The summed E-state index contributed by atoms with van der Waals surface area (Å²) in [5, 5.41) is 0. The fourth-order valence-electron chi connectivity index (χ4n) is 4.30. The Hall–Kier alpha value is 2.03. The van der Waals surface area contributed by atoms with Gasteiger partial charge in [0.15, 0.2) is 16.6 Å². The van der Waals surface area contributed by atoms with E-state index < -0.39 is 16.6 Å². The van der Waals surface area contributed by atoms with E-state index >= 15 is 0 Å². The van der Waals surface area contributed by atoms with Gasteiger partial charge in [0.2, 0.25) is 0 Å². The molecule has 17 heteroatoms. The summed E-state index contributed by atoms with van der Waals surface area (Å²) < 4.78 is 71.8. The van der Waals surface area contributed by atoms with E-state index in [-0.39, 0.29) is 77.3 Å². The molecule has 0 aliphatic rings. The fourth-order valence-corrected chi connectivity index (χ4v) is 13.1. The van der Waals surface area contributed by atoms with Gasteiger partial charge < -0.3 is 61.0 Å². The molecule has 0 unspecified atom stereocenters. The Bertz CT molecular complexity index is 586. The van der Waals surface area contributed by atoms with Crippen LogP contribution in [0.2, 0.25) is 38.3 Å². The van der Waals surface area contributed by atoms with Crippen LogP contribution >= 0.6 is 0 Å². The van der Waals surface area contributed by atoms with E-state index in [1.807, 2.05) is 0 Å². The summed E-state index contributed by atoms with van der Waals surface area (Å²) in [6.45, 7) is 22.1. The third-order valence-electron chi connectivity index (χ3n) is 6.53. The number of ether oxygens (including phenoxy) is 12. The molecule has 0 aromatic rings. The SMILES string of the molecule is COCCOCCOCCOCCOCCOCCC[Si](C)(C)O[Si](C)(C)CCCOCCOCCOCCOCCOCCOC.[BH4-].[Cs+]. The summed E-state index contributed by atoms with van der Waals surface area (Å²) in [5.74, 6) is 0. The molecule has 292 valence electrons. The molecule has 0 rings (SSSR count). The topological polar surface area (TPSA) is 120 Å². The molecule has 0 aromatic heterocycles. The van der Waals surface area contributed by atoms with Gasteiger partial charge in [-0.2, -0.15) is 0 Å². The van der Waals surface area contributed by atoms with Gasteiger partial charge in [0, 0.05) is 27.4 Å². The van der Waals surface area contributed by atoms with E-state index in [9.17, 15) is 0 Å². The van der Waals surface area contributed by atoms with Gasteiger partial charge in [-0.3, -0.25) is 0 Å². The summed E-state index contributed by atoms with van der Waals surface area (Å²) in [4.78, 5) is 0. The van der Waals surface area contributed by atoms with Crippen LogP contribution in [-0.4, -0.2) is 185 Å². The standard InChI is InChI=1S/C32H70O13Si2.BH4.Cs/c1-33-11-13-37-19-21-41-27-29-43-25-23-39-17-15-35-9-7-31-46(3,4)45-47(5,6)32-8-10-36-16-18-40-24-26-44-30-28-42-22-20-38-14-12-34-2;;/h7-32H2,1-6H3;1H4;/q;-1;+1. The number of methoxy groups -OCH3 is 2. The maximum Gasteiger partial charge on any atom is 1.00 e. The monoisotopic (exact) mass is 866 g/mol. The largest absolute Gasteiger partial charge is 1.00 e. The predicted octanol–water partition coefficient (Wildman–Crippen LogP) is -0.795. The first-order valence-electron chi connectivity index (χ1n) is 17.3. The molecule has 13 nitrogen and oxygen atoms in total. The molecule has 0 heterocycles. The van der Waals surface area contributed by atoms with Crippen molar-refractivity contribution < 1.29 is 130 Å². The van der Waals surface area contributed by atoms with Gasteiger partial charge in [-0.25, -0.2) is 0 Å². The molecule has 0 aromatic carbocycles. The van der Waals surface area contributed by atoms with E-state index in [0.29, 0.717) is 132 Å². The van der Waals surface area contributed by atoms with Crippen molar-refractivity contribution in [3.63, 3.8) is 0 Å². The summed E-state index contributed by atoms with van der Waals surface area (Å²) in [7, 11) is -0.174. The molecule has 0 aliphatic carbocycles. The maximum absolute atomic E-state index is 6.74. The van der Waals surface area contributed by atoms with Gasteiger partial charge in [0.05, 0.1) is 132 Å². The molecular weight excluding hydrogens is 792 g/mol. The normalized spacial score (nSPS) is 11.9. The van der Waals surface area contributed by atoms with Gasteiger partial charge >= 0.3 is 68.9 Å². The van der Waals surface area contributed by atoms with Crippen molar-refractivity contribution >= 4 is 25.0 Å². The molecule has 0 amide bonds. The van der Waals surface area contributed by atoms with Crippen LogP contribution in [0.1, 0.15) is 12.8 Å². The molecule has 49 heavy (non-hydrogen) atoms. The summed E-state index contributed by atoms with van der Waals surface area (Å²) >= 11 is 0. The van der Waals surface area contributed by atoms with Crippen LogP contribution in [0.4, 0.5) is 0 Å². The van der Waals surface area contributed by atoms with E-state index in [1.54, 1.807) is 14.2 Å². The molecule has 0 saturated heterocycles. The smallest absolute Gasteiger partial charge is 0.455 e. The van der Waals surface area contributed by atoms with Crippen LogP contribution in [0, 0.1) is 0 Å². The first-order valence-corrected chi connectivity index (χ1v) is 23.5. The zero-order valence-electron chi connectivity index (χ0n) is 31.7. The summed E-state index contributed by atoms with van der Waals surface area (Å²) in [6.07, 6.45) is 2.02. The maximum atomic E-state index is 6.74. The zero-order valence-corrected chi connectivity index (χ0v) is 40.0. The van der Waals surface area contributed by atoms with Crippen LogP contribution in [0.3, 0.4) is 0 Å². The van der Waals surface area contributed by atoms with Crippen LogP contribution in [0.5, 0.6) is 0 Å². The molecule has 0 saturated carbocycles.